The first-order chi connectivity index (χ1) is 6.63. The van der Waals surface area contributed by atoms with E-state index in [4.69, 9.17) is 15.9 Å². The van der Waals surface area contributed by atoms with Crippen LogP contribution in [0, 0.1) is 11.3 Å². The zero-order valence-corrected chi connectivity index (χ0v) is 10.1. The second kappa shape index (κ2) is 5.00. The van der Waals surface area contributed by atoms with E-state index in [1.54, 1.807) is 14.0 Å². The monoisotopic (exact) mass is 215 g/mol. The Labute approximate surface area is 91.1 Å². The third kappa shape index (κ3) is 5.93. The third-order valence-electron chi connectivity index (χ3n) is 1.78. The summed E-state index contributed by atoms with van der Waals surface area (Å²) in [4.78, 5) is 12.9. The summed E-state index contributed by atoms with van der Waals surface area (Å²) in [6, 6.07) is 0. The van der Waals surface area contributed by atoms with Gasteiger partial charge in [-0.05, 0) is 20.8 Å². The lowest BCUT2D eigenvalue weighted by molar-refractivity contribution is 0.0289. The van der Waals surface area contributed by atoms with Crippen LogP contribution in [0.2, 0.25) is 0 Å². The Kier molecular flexibility index (Phi) is 4.58. The molecule has 0 heterocycles. The van der Waals surface area contributed by atoms with E-state index >= 15 is 0 Å². The van der Waals surface area contributed by atoms with Gasteiger partial charge in [-0.2, -0.15) is 0 Å². The molecule has 0 rings (SSSR count). The van der Waals surface area contributed by atoms with Crippen molar-refractivity contribution in [2.24, 2.45) is 11.7 Å². The molecule has 3 N–H and O–H groups in total. The summed E-state index contributed by atoms with van der Waals surface area (Å²) in [5.41, 5.74) is 4.82. The third-order valence-corrected chi connectivity index (χ3v) is 1.78. The van der Waals surface area contributed by atoms with Crippen LogP contribution in [0.5, 0.6) is 0 Å². The summed E-state index contributed by atoms with van der Waals surface area (Å²) in [5, 5.41) is 7.21. The van der Waals surface area contributed by atoms with Crippen LogP contribution in [0.4, 0.5) is 4.79 Å². The van der Waals surface area contributed by atoms with Crippen molar-refractivity contribution in [2.75, 3.05) is 13.6 Å². The van der Waals surface area contributed by atoms with Crippen LogP contribution < -0.4 is 5.73 Å². The summed E-state index contributed by atoms with van der Waals surface area (Å²) >= 11 is 0. The Balaban J connectivity index is 4.17. The molecule has 1 amide bonds. The molecule has 88 valence electrons. The average molecular weight is 215 g/mol. The number of nitrogens with two attached hydrogens (primary N) is 1. The molecule has 1 atom stereocenters. The van der Waals surface area contributed by atoms with Gasteiger partial charge in [0.25, 0.3) is 0 Å². The second-order valence-electron chi connectivity index (χ2n) is 4.72. The highest BCUT2D eigenvalue weighted by atomic mass is 16.6. The van der Waals surface area contributed by atoms with E-state index in [2.05, 4.69) is 0 Å². The molecular formula is C10H21N3O2. The molecule has 0 spiro atoms. The lowest BCUT2D eigenvalue weighted by atomic mass is 10.1. The molecule has 0 radical (unpaired) electrons. The molecule has 5 heteroatoms. The number of rotatable bonds is 3. The number of amides is 1. The van der Waals surface area contributed by atoms with Gasteiger partial charge in [-0.3, -0.25) is 5.41 Å². The minimum atomic E-state index is -0.495. The molecule has 15 heavy (non-hydrogen) atoms. The number of ether oxygens (including phenoxy) is 1. The van der Waals surface area contributed by atoms with Crippen molar-refractivity contribution < 1.29 is 9.53 Å². The van der Waals surface area contributed by atoms with Crippen LogP contribution in [0.25, 0.3) is 0 Å². The van der Waals surface area contributed by atoms with Crippen molar-refractivity contribution in [1.29, 1.82) is 5.41 Å². The van der Waals surface area contributed by atoms with Crippen LogP contribution in [-0.4, -0.2) is 36.0 Å². The van der Waals surface area contributed by atoms with Gasteiger partial charge in [-0.15, -0.1) is 0 Å². The van der Waals surface area contributed by atoms with Crippen LogP contribution in [0.1, 0.15) is 27.7 Å². The summed E-state index contributed by atoms with van der Waals surface area (Å²) in [6.07, 6.45) is -0.393. The SMILES string of the molecule is CC(CN(C)C(=O)OC(C)(C)C)C(=N)N. The summed E-state index contributed by atoms with van der Waals surface area (Å²) in [7, 11) is 1.63. The standard InChI is InChI=1S/C10H21N3O2/c1-7(8(11)12)6-13(5)9(14)15-10(2,3)4/h7H,6H2,1-5H3,(H3,11,12). The Morgan fingerprint density at radius 1 is 1.53 bits per heavy atom. The molecule has 5 nitrogen and oxygen atoms in total. The van der Waals surface area contributed by atoms with Crippen LogP contribution >= 0.6 is 0 Å². The van der Waals surface area contributed by atoms with Crippen molar-refractivity contribution in [2.45, 2.75) is 33.3 Å². The van der Waals surface area contributed by atoms with E-state index in [9.17, 15) is 4.79 Å². The quantitative estimate of drug-likeness (QED) is 0.552. The van der Waals surface area contributed by atoms with E-state index < -0.39 is 11.7 Å². The fraction of sp³-hybridized carbons (Fsp3) is 0.800. The second-order valence-corrected chi connectivity index (χ2v) is 4.72. The summed E-state index contributed by atoms with van der Waals surface area (Å²) in [5.74, 6) is -0.0760. The van der Waals surface area contributed by atoms with E-state index in [0.717, 1.165) is 0 Å². The van der Waals surface area contributed by atoms with Crippen molar-refractivity contribution in [3.63, 3.8) is 0 Å². The molecule has 0 saturated carbocycles. The maximum absolute atomic E-state index is 11.5. The van der Waals surface area contributed by atoms with Gasteiger partial charge in [-0.25, -0.2) is 4.79 Å². The Morgan fingerprint density at radius 3 is 2.33 bits per heavy atom. The van der Waals surface area contributed by atoms with Gasteiger partial charge in [0.1, 0.15) is 5.60 Å². The highest BCUT2D eigenvalue weighted by Crippen LogP contribution is 2.09. The minimum Gasteiger partial charge on any atom is -0.444 e. The van der Waals surface area contributed by atoms with E-state index in [1.807, 2.05) is 20.8 Å². The number of hydrogen-bond acceptors (Lipinski definition) is 3. The first-order valence-electron chi connectivity index (χ1n) is 4.91. The molecule has 0 aliphatic rings. The molecular weight excluding hydrogens is 194 g/mol. The molecule has 0 aromatic heterocycles. The number of carbonyl (C=O) groups excluding carboxylic acids is 1. The van der Waals surface area contributed by atoms with Crippen molar-refractivity contribution >= 4 is 11.9 Å². The van der Waals surface area contributed by atoms with Gasteiger partial charge in [0, 0.05) is 19.5 Å². The molecule has 0 saturated heterocycles. The largest absolute Gasteiger partial charge is 0.444 e. The van der Waals surface area contributed by atoms with E-state index in [0.29, 0.717) is 6.54 Å². The number of amidine groups is 1. The smallest absolute Gasteiger partial charge is 0.410 e. The van der Waals surface area contributed by atoms with Gasteiger partial charge in [-0.1, -0.05) is 6.92 Å². The lowest BCUT2D eigenvalue weighted by Gasteiger charge is -2.26. The molecule has 0 fully saturated rings. The summed E-state index contributed by atoms with van der Waals surface area (Å²) < 4.78 is 5.16. The molecule has 0 bridgehead atoms. The normalized spacial score (nSPS) is 13.1. The molecule has 0 aliphatic carbocycles. The predicted octanol–water partition coefficient (Wildman–Crippen LogP) is 1.43. The fourth-order valence-electron chi connectivity index (χ4n) is 0.924. The first-order valence-corrected chi connectivity index (χ1v) is 4.91. The van der Waals surface area contributed by atoms with Crippen LogP contribution in [0.15, 0.2) is 0 Å². The maximum atomic E-state index is 11.5. The first kappa shape index (κ1) is 13.7. The van der Waals surface area contributed by atoms with Crippen molar-refractivity contribution in [3.8, 4) is 0 Å². The maximum Gasteiger partial charge on any atom is 0.410 e. The Hall–Kier alpha value is -1.26. The number of hydrogen-bond donors (Lipinski definition) is 2. The van der Waals surface area contributed by atoms with E-state index in [1.165, 1.54) is 4.90 Å². The average Bonchev–Trinajstić information content (AvgIpc) is 2.00. The van der Waals surface area contributed by atoms with E-state index in [-0.39, 0.29) is 11.8 Å². The van der Waals surface area contributed by atoms with Gasteiger partial charge in [0.2, 0.25) is 0 Å². The Bertz CT molecular complexity index is 246. The topological polar surface area (TPSA) is 79.4 Å². The van der Waals surface area contributed by atoms with Crippen LogP contribution in [-0.2, 0) is 4.74 Å². The molecule has 1 unspecified atom stereocenters. The highest BCUT2D eigenvalue weighted by Gasteiger charge is 2.21. The highest BCUT2D eigenvalue weighted by molar-refractivity contribution is 5.80. The van der Waals surface area contributed by atoms with Gasteiger partial charge < -0.3 is 15.4 Å². The van der Waals surface area contributed by atoms with Crippen LogP contribution in [0.3, 0.4) is 0 Å². The fourth-order valence-corrected chi connectivity index (χ4v) is 0.924. The van der Waals surface area contributed by atoms with Gasteiger partial charge in [0.05, 0.1) is 5.84 Å². The number of nitrogens with one attached hydrogen (secondary N) is 1. The summed E-state index contributed by atoms with van der Waals surface area (Å²) in [6.45, 7) is 7.63. The zero-order chi connectivity index (χ0) is 12.2. The lowest BCUT2D eigenvalue weighted by Crippen LogP contribution is -2.39. The molecule has 0 aliphatic heterocycles. The van der Waals surface area contributed by atoms with Gasteiger partial charge >= 0.3 is 6.09 Å². The number of nitrogens with zero attached hydrogens (tertiary/aromatic N) is 1. The van der Waals surface area contributed by atoms with Crippen molar-refractivity contribution in [3.05, 3.63) is 0 Å². The number of carbonyl (C=O) groups is 1. The van der Waals surface area contributed by atoms with Gasteiger partial charge in [0.15, 0.2) is 0 Å². The molecule has 0 aromatic carbocycles. The molecule has 0 aromatic rings. The zero-order valence-electron chi connectivity index (χ0n) is 10.1. The predicted molar refractivity (Wildman–Crippen MR) is 59.9 cm³/mol. The Morgan fingerprint density at radius 2 is 2.00 bits per heavy atom. The minimum absolute atomic E-state index is 0.0745. The van der Waals surface area contributed by atoms with Crippen molar-refractivity contribution in [1.82, 2.24) is 4.90 Å².